The molecule has 0 radical (unpaired) electrons. The third-order valence-corrected chi connectivity index (χ3v) is 6.94. The van der Waals surface area contributed by atoms with E-state index in [-0.39, 0.29) is 5.41 Å². The lowest BCUT2D eigenvalue weighted by atomic mass is 9.68. The van der Waals surface area contributed by atoms with E-state index in [4.69, 9.17) is 4.98 Å². The molecule has 0 N–H and O–H groups in total. The Labute approximate surface area is 131 Å². The predicted octanol–water partition coefficient (Wildman–Crippen LogP) is 5.56. The van der Waals surface area contributed by atoms with E-state index in [1.165, 1.54) is 40.1 Å². The summed E-state index contributed by atoms with van der Waals surface area (Å²) in [6, 6.07) is 13.2. The van der Waals surface area contributed by atoms with E-state index in [1.807, 2.05) is 0 Å². The summed E-state index contributed by atoms with van der Waals surface area (Å²) in [4.78, 5) is 4.90. The molecule has 2 atom stereocenters. The lowest BCUT2D eigenvalue weighted by molar-refractivity contribution is 0.232. The molecule has 0 amide bonds. The number of rotatable bonds is 0. The van der Waals surface area contributed by atoms with Crippen LogP contribution in [0.2, 0.25) is 0 Å². The lowest BCUT2D eigenvalue weighted by Crippen LogP contribution is -2.31. The molecule has 2 aliphatic rings. The van der Waals surface area contributed by atoms with E-state index in [2.05, 4.69) is 63.4 Å². The summed E-state index contributed by atoms with van der Waals surface area (Å²) in [5.41, 5.74) is 4.92. The van der Waals surface area contributed by atoms with Gasteiger partial charge in [-0.15, -0.1) is 0 Å². The van der Waals surface area contributed by atoms with Crippen molar-refractivity contribution in [3.05, 3.63) is 53.7 Å². The maximum absolute atomic E-state index is 4.90. The van der Waals surface area contributed by atoms with E-state index in [0.717, 1.165) is 0 Å². The Bertz CT molecular complexity index is 937. The first-order valence-electron chi connectivity index (χ1n) is 8.35. The van der Waals surface area contributed by atoms with Gasteiger partial charge in [0, 0.05) is 17.0 Å². The smallest absolute Gasteiger partial charge is 0.0783 e. The highest BCUT2D eigenvalue weighted by Gasteiger charge is 2.59. The molecule has 0 saturated heterocycles. The monoisotopic (exact) mass is 287 g/mol. The molecule has 1 heterocycles. The zero-order chi connectivity index (χ0) is 15.1. The standard InChI is InChI=1S/C21H21N/c1-20(2)17-10-11-21(20,3)18-15-9-8-13-6-4-5-7-14(13)19(15)22-12-16(17)18/h4-9,12,17H,10-11H2,1-3H3. The van der Waals surface area contributed by atoms with Crippen LogP contribution >= 0.6 is 0 Å². The van der Waals surface area contributed by atoms with Gasteiger partial charge in [-0.05, 0) is 46.1 Å². The van der Waals surface area contributed by atoms with Gasteiger partial charge in [0.15, 0.2) is 0 Å². The van der Waals surface area contributed by atoms with Crippen LogP contribution in [0.25, 0.3) is 21.7 Å². The number of pyridine rings is 1. The fraction of sp³-hybridized carbons (Fsp3) is 0.381. The van der Waals surface area contributed by atoms with Crippen LogP contribution in [0, 0.1) is 5.41 Å². The summed E-state index contributed by atoms with van der Waals surface area (Å²) < 4.78 is 0. The van der Waals surface area contributed by atoms with Crippen molar-refractivity contribution in [1.82, 2.24) is 4.98 Å². The van der Waals surface area contributed by atoms with E-state index in [1.54, 1.807) is 5.56 Å². The molecule has 5 rings (SSSR count). The van der Waals surface area contributed by atoms with Crippen molar-refractivity contribution in [2.24, 2.45) is 5.41 Å². The number of nitrogens with zero attached hydrogens (tertiary/aromatic N) is 1. The molecule has 0 spiro atoms. The third kappa shape index (κ3) is 1.21. The average molecular weight is 287 g/mol. The van der Waals surface area contributed by atoms with Gasteiger partial charge in [-0.3, -0.25) is 4.98 Å². The minimum atomic E-state index is 0.288. The first kappa shape index (κ1) is 12.6. The second kappa shape index (κ2) is 3.71. The van der Waals surface area contributed by atoms with Gasteiger partial charge >= 0.3 is 0 Å². The lowest BCUT2D eigenvalue weighted by Gasteiger charge is -2.35. The van der Waals surface area contributed by atoms with E-state index < -0.39 is 0 Å². The number of fused-ring (bicyclic) bond motifs is 9. The molecule has 2 aliphatic carbocycles. The van der Waals surface area contributed by atoms with Crippen molar-refractivity contribution < 1.29 is 0 Å². The van der Waals surface area contributed by atoms with E-state index in [0.29, 0.717) is 11.3 Å². The van der Waals surface area contributed by atoms with Crippen LogP contribution in [0.3, 0.4) is 0 Å². The molecule has 110 valence electrons. The maximum atomic E-state index is 4.90. The van der Waals surface area contributed by atoms with Gasteiger partial charge < -0.3 is 0 Å². The number of hydrogen-bond donors (Lipinski definition) is 0. The molecule has 2 unspecified atom stereocenters. The zero-order valence-corrected chi connectivity index (χ0v) is 13.5. The van der Waals surface area contributed by atoms with Gasteiger partial charge in [-0.25, -0.2) is 0 Å². The van der Waals surface area contributed by atoms with Crippen LogP contribution in [0.15, 0.2) is 42.6 Å². The van der Waals surface area contributed by atoms with Crippen LogP contribution in [-0.4, -0.2) is 4.98 Å². The highest BCUT2D eigenvalue weighted by molar-refractivity contribution is 6.07. The Morgan fingerprint density at radius 3 is 2.68 bits per heavy atom. The van der Waals surface area contributed by atoms with Gasteiger partial charge in [0.05, 0.1) is 5.52 Å². The summed E-state index contributed by atoms with van der Waals surface area (Å²) in [5.74, 6) is 0.677. The molecule has 0 aliphatic heterocycles. The highest BCUT2D eigenvalue weighted by atomic mass is 14.7. The van der Waals surface area contributed by atoms with Crippen molar-refractivity contribution in [3.8, 4) is 0 Å². The Balaban J connectivity index is 1.95. The molecule has 1 saturated carbocycles. The molecule has 1 heteroatoms. The highest BCUT2D eigenvalue weighted by Crippen LogP contribution is 2.68. The maximum Gasteiger partial charge on any atom is 0.0783 e. The Hall–Kier alpha value is -1.89. The Kier molecular flexibility index (Phi) is 2.13. The number of benzene rings is 2. The second-order valence-corrected chi connectivity index (χ2v) is 7.92. The molecule has 1 fully saturated rings. The van der Waals surface area contributed by atoms with Crippen molar-refractivity contribution in [2.45, 2.75) is 44.9 Å². The number of aromatic nitrogens is 1. The molecule has 1 nitrogen and oxygen atoms in total. The van der Waals surface area contributed by atoms with Crippen LogP contribution < -0.4 is 0 Å². The first-order chi connectivity index (χ1) is 10.5. The van der Waals surface area contributed by atoms with Crippen molar-refractivity contribution in [1.29, 1.82) is 0 Å². The third-order valence-electron chi connectivity index (χ3n) is 6.94. The quantitative estimate of drug-likeness (QED) is 0.493. The molecule has 2 aromatic carbocycles. The fourth-order valence-electron chi connectivity index (χ4n) is 5.32. The molecule has 2 bridgehead atoms. The fourth-order valence-corrected chi connectivity index (χ4v) is 5.32. The molecule has 1 aromatic heterocycles. The SMILES string of the molecule is CC12CCC(c3cnc4c(ccc5ccccc54)c31)C2(C)C. The van der Waals surface area contributed by atoms with E-state index in [9.17, 15) is 0 Å². The predicted molar refractivity (Wildman–Crippen MR) is 92.4 cm³/mol. The van der Waals surface area contributed by atoms with Crippen molar-refractivity contribution in [2.75, 3.05) is 0 Å². The van der Waals surface area contributed by atoms with Crippen LogP contribution in [0.1, 0.15) is 50.7 Å². The van der Waals surface area contributed by atoms with Crippen LogP contribution in [0.4, 0.5) is 0 Å². The Morgan fingerprint density at radius 2 is 1.82 bits per heavy atom. The van der Waals surface area contributed by atoms with Gasteiger partial charge in [0.25, 0.3) is 0 Å². The summed E-state index contributed by atoms with van der Waals surface area (Å²) in [7, 11) is 0. The summed E-state index contributed by atoms with van der Waals surface area (Å²) in [6.07, 6.45) is 4.81. The van der Waals surface area contributed by atoms with Crippen LogP contribution in [-0.2, 0) is 5.41 Å². The molecular formula is C21H21N. The summed E-state index contributed by atoms with van der Waals surface area (Å²) in [5, 5.41) is 3.95. The first-order valence-corrected chi connectivity index (χ1v) is 8.35. The van der Waals surface area contributed by atoms with Crippen molar-refractivity contribution in [3.63, 3.8) is 0 Å². The minimum Gasteiger partial charge on any atom is -0.255 e. The zero-order valence-electron chi connectivity index (χ0n) is 13.5. The molecular weight excluding hydrogens is 266 g/mol. The topological polar surface area (TPSA) is 12.9 Å². The van der Waals surface area contributed by atoms with Gasteiger partial charge in [-0.1, -0.05) is 57.2 Å². The van der Waals surface area contributed by atoms with Gasteiger partial charge in [-0.2, -0.15) is 0 Å². The number of hydrogen-bond acceptors (Lipinski definition) is 1. The minimum absolute atomic E-state index is 0.288. The van der Waals surface area contributed by atoms with Crippen molar-refractivity contribution >= 4 is 21.7 Å². The summed E-state index contributed by atoms with van der Waals surface area (Å²) >= 11 is 0. The Morgan fingerprint density at radius 1 is 1.00 bits per heavy atom. The van der Waals surface area contributed by atoms with Gasteiger partial charge in [0.2, 0.25) is 0 Å². The largest absolute Gasteiger partial charge is 0.255 e. The molecule has 22 heavy (non-hydrogen) atoms. The van der Waals surface area contributed by atoms with Gasteiger partial charge in [0.1, 0.15) is 0 Å². The average Bonchev–Trinajstić information content (AvgIpc) is 2.86. The normalized spacial score (nSPS) is 28.4. The second-order valence-electron chi connectivity index (χ2n) is 7.92. The van der Waals surface area contributed by atoms with Crippen LogP contribution in [0.5, 0.6) is 0 Å². The molecule has 3 aromatic rings. The van der Waals surface area contributed by atoms with E-state index >= 15 is 0 Å². The summed E-state index contributed by atoms with van der Waals surface area (Å²) in [6.45, 7) is 7.39.